The molecule has 0 aliphatic carbocycles. The molecule has 7 heteroatoms. The van der Waals surface area contributed by atoms with Crippen LogP contribution < -0.4 is 11.1 Å². The van der Waals surface area contributed by atoms with Crippen molar-refractivity contribution in [2.75, 3.05) is 17.6 Å². The maximum Gasteiger partial charge on any atom is 0.151 e. The van der Waals surface area contributed by atoms with Gasteiger partial charge in [-0.1, -0.05) is 0 Å². The van der Waals surface area contributed by atoms with Crippen LogP contribution in [0.15, 0.2) is 18.5 Å². The van der Waals surface area contributed by atoms with Gasteiger partial charge in [-0.25, -0.2) is 13.8 Å². The number of aromatic amines is 1. The molecule has 0 unspecified atom stereocenters. The minimum absolute atomic E-state index is 0.0935. The molecule has 0 spiro atoms. The van der Waals surface area contributed by atoms with Crippen LogP contribution in [0.1, 0.15) is 5.82 Å². The first kappa shape index (κ1) is 11.3. The van der Waals surface area contributed by atoms with Crippen LogP contribution in [0.25, 0.3) is 0 Å². The standard InChI is InChI=1S/C10H11F2N5/c11-6-3-7(12)10(13)8(4-6)14-2-1-9-15-5-16-17-9/h3-5,14H,1-2,13H2,(H,15,16,17). The second-order valence-electron chi connectivity index (χ2n) is 3.46. The zero-order valence-corrected chi connectivity index (χ0v) is 8.87. The Morgan fingerprint density at radius 3 is 2.88 bits per heavy atom. The molecule has 0 aliphatic heterocycles. The van der Waals surface area contributed by atoms with E-state index in [1.54, 1.807) is 0 Å². The molecule has 0 amide bonds. The summed E-state index contributed by atoms with van der Waals surface area (Å²) in [6.45, 7) is 0.447. The Balaban J connectivity index is 1.99. The van der Waals surface area contributed by atoms with Crippen LogP contribution in [0.4, 0.5) is 20.2 Å². The van der Waals surface area contributed by atoms with E-state index in [-0.39, 0.29) is 11.4 Å². The van der Waals surface area contributed by atoms with Gasteiger partial charge in [0.15, 0.2) is 5.82 Å². The molecule has 0 fully saturated rings. The van der Waals surface area contributed by atoms with Crippen LogP contribution in [-0.2, 0) is 6.42 Å². The van der Waals surface area contributed by atoms with E-state index in [1.165, 1.54) is 6.33 Å². The predicted octanol–water partition coefficient (Wildman–Crippen LogP) is 1.32. The van der Waals surface area contributed by atoms with Crippen LogP contribution in [0.2, 0.25) is 0 Å². The molecule has 1 heterocycles. The molecular weight excluding hydrogens is 228 g/mol. The normalized spacial score (nSPS) is 10.5. The summed E-state index contributed by atoms with van der Waals surface area (Å²) in [4.78, 5) is 3.92. The maximum atomic E-state index is 13.1. The third kappa shape index (κ3) is 2.68. The smallest absolute Gasteiger partial charge is 0.151 e. The van der Waals surface area contributed by atoms with E-state index in [2.05, 4.69) is 20.5 Å². The number of halogens is 2. The lowest BCUT2D eigenvalue weighted by Gasteiger charge is -2.09. The molecule has 2 aromatic rings. The van der Waals surface area contributed by atoms with Crippen molar-refractivity contribution in [3.05, 3.63) is 35.9 Å². The number of hydrogen-bond acceptors (Lipinski definition) is 4. The van der Waals surface area contributed by atoms with Gasteiger partial charge in [0.25, 0.3) is 0 Å². The second kappa shape index (κ2) is 4.77. The summed E-state index contributed by atoms with van der Waals surface area (Å²) in [5, 5.41) is 9.21. The average molecular weight is 239 g/mol. The van der Waals surface area contributed by atoms with Crippen LogP contribution in [0.5, 0.6) is 0 Å². The molecular formula is C10H11F2N5. The average Bonchev–Trinajstić information content (AvgIpc) is 2.78. The largest absolute Gasteiger partial charge is 0.395 e. The van der Waals surface area contributed by atoms with Gasteiger partial charge in [-0.2, -0.15) is 5.10 Å². The van der Waals surface area contributed by atoms with Crippen molar-refractivity contribution >= 4 is 11.4 Å². The monoisotopic (exact) mass is 239 g/mol. The fourth-order valence-corrected chi connectivity index (χ4v) is 1.40. The highest BCUT2D eigenvalue weighted by Gasteiger charge is 2.07. The zero-order valence-electron chi connectivity index (χ0n) is 8.87. The van der Waals surface area contributed by atoms with E-state index < -0.39 is 11.6 Å². The summed E-state index contributed by atoms with van der Waals surface area (Å²) in [6.07, 6.45) is 1.95. The molecule has 90 valence electrons. The van der Waals surface area contributed by atoms with E-state index in [4.69, 9.17) is 5.73 Å². The van der Waals surface area contributed by atoms with Gasteiger partial charge in [-0.05, 0) is 6.07 Å². The van der Waals surface area contributed by atoms with E-state index >= 15 is 0 Å². The SMILES string of the molecule is Nc1c(F)cc(F)cc1NCCc1ncn[nH]1. The number of aromatic nitrogens is 3. The van der Waals surface area contributed by atoms with Gasteiger partial charge in [-0.3, -0.25) is 5.10 Å². The number of nitrogens with one attached hydrogen (secondary N) is 2. The van der Waals surface area contributed by atoms with Crippen LogP contribution in [-0.4, -0.2) is 21.7 Å². The minimum Gasteiger partial charge on any atom is -0.395 e. The lowest BCUT2D eigenvalue weighted by atomic mass is 10.2. The zero-order chi connectivity index (χ0) is 12.3. The number of benzene rings is 1. The Hall–Kier alpha value is -2.18. The first-order valence-electron chi connectivity index (χ1n) is 4.99. The van der Waals surface area contributed by atoms with E-state index in [1.807, 2.05) is 0 Å². The first-order chi connectivity index (χ1) is 8.16. The number of nitrogen functional groups attached to an aromatic ring is 1. The molecule has 0 saturated carbocycles. The Morgan fingerprint density at radius 2 is 2.18 bits per heavy atom. The summed E-state index contributed by atoms with van der Waals surface area (Å²) < 4.78 is 26.1. The molecule has 4 N–H and O–H groups in total. The van der Waals surface area contributed by atoms with Crippen molar-refractivity contribution in [3.63, 3.8) is 0 Å². The van der Waals surface area contributed by atoms with Crippen LogP contribution in [0, 0.1) is 11.6 Å². The maximum absolute atomic E-state index is 13.1. The van der Waals surface area contributed by atoms with E-state index in [9.17, 15) is 8.78 Å². The third-order valence-corrected chi connectivity index (χ3v) is 2.24. The number of nitrogens with zero attached hydrogens (tertiary/aromatic N) is 2. The highest BCUT2D eigenvalue weighted by Crippen LogP contribution is 2.23. The van der Waals surface area contributed by atoms with E-state index in [0.717, 1.165) is 12.1 Å². The highest BCUT2D eigenvalue weighted by atomic mass is 19.1. The minimum atomic E-state index is -0.771. The Bertz CT molecular complexity index is 498. The van der Waals surface area contributed by atoms with Crippen molar-refractivity contribution in [2.45, 2.75) is 6.42 Å². The molecule has 0 aliphatic rings. The summed E-state index contributed by atoms with van der Waals surface area (Å²) in [7, 11) is 0. The van der Waals surface area contributed by atoms with Crippen molar-refractivity contribution in [2.24, 2.45) is 0 Å². The Labute approximate surface area is 96.1 Å². The number of anilines is 2. The van der Waals surface area contributed by atoms with Gasteiger partial charge in [0.1, 0.15) is 18.0 Å². The number of nitrogens with two attached hydrogens (primary N) is 1. The lowest BCUT2D eigenvalue weighted by Crippen LogP contribution is -2.09. The summed E-state index contributed by atoms with van der Waals surface area (Å²) in [5.74, 6) is -0.751. The summed E-state index contributed by atoms with van der Waals surface area (Å²) in [6, 6.07) is 1.90. The third-order valence-electron chi connectivity index (χ3n) is 2.24. The van der Waals surface area contributed by atoms with Gasteiger partial charge < -0.3 is 11.1 Å². The van der Waals surface area contributed by atoms with Crippen molar-refractivity contribution < 1.29 is 8.78 Å². The predicted molar refractivity (Wildman–Crippen MR) is 59.3 cm³/mol. The first-order valence-corrected chi connectivity index (χ1v) is 4.99. The van der Waals surface area contributed by atoms with Crippen molar-refractivity contribution in [1.29, 1.82) is 0 Å². The van der Waals surface area contributed by atoms with Gasteiger partial charge in [0.05, 0.1) is 11.4 Å². The number of hydrogen-bond donors (Lipinski definition) is 3. The fourth-order valence-electron chi connectivity index (χ4n) is 1.40. The summed E-state index contributed by atoms with van der Waals surface area (Å²) in [5.41, 5.74) is 5.62. The van der Waals surface area contributed by atoms with Crippen molar-refractivity contribution in [1.82, 2.24) is 15.2 Å². The van der Waals surface area contributed by atoms with Crippen molar-refractivity contribution in [3.8, 4) is 0 Å². The molecule has 0 radical (unpaired) electrons. The lowest BCUT2D eigenvalue weighted by molar-refractivity contribution is 0.587. The highest BCUT2D eigenvalue weighted by molar-refractivity contribution is 5.66. The second-order valence-corrected chi connectivity index (χ2v) is 3.46. The molecule has 2 rings (SSSR count). The molecule has 0 saturated heterocycles. The number of rotatable bonds is 4. The topological polar surface area (TPSA) is 79.6 Å². The molecule has 1 aromatic heterocycles. The van der Waals surface area contributed by atoms with Crippen LogP contribution >= 0.6 is 0 Å². The van der Waals surface area contributed by atoms with Gasteiger partial charge >= 0.3 is 0 Å². The fraction of sp³-hybridized carbons (Fsp3) is 0.200. The van der Waals surface area contributed by atoms with Gasteiger partial charge in [0.2, 0.25) is 0 Å². The summed E-state index contributed by atoms with van der Waals surface area (Å²) >= 11 is 0. The molecule has 5 nitrogen and oxygen atoms in total. The van der Waals surface area contributed by atoms with Gasteiger partial charge in [-0.15, -0.1) is 0 Å². The van der Waals surface area contributed by atoms with Gasteiger partial charge in [0, 0.05) is 19.0 Å². The Kier molecular flexibility index (Phi) is 3.17. The molecule has 0 atom stereocenters. The van der Waals surface area contributed by atoms with Crippen LogP contribution in [0.3, 0.4) is 0 Å². The Morgan fingerprint density at radius 1 is 1.35 bits per heavy atom. The quantitative estimate of drug-likeness (QED) is 0.703. The molecule has 17 heavy (non-hydrogen) atoms. The number of H-pyrrole nitrogens is 1. The molecule has 1 aromatic carbocycles. The van der Waals surface area contributed by atoms with E-state index in [0.29, 0.717) is 18.8 Å². The molecule has 0 bridgehead atoms.